The van der Waals surface area contributed by atoms with Gasteiger partial charge in [-0.15, -0.1) is 22.7 Å². The Kier molecular flexibility index (Phi) is 5.73. The molecule has 0 unspecified atom stereocenters. The molecule has 0 spiro atoms. The fourth-order valence-corrected chi connectivity index (χ4v) is 3.38. The summed E-state index contributed by atoms with van der Waals surface area (Å²) < 4.78 is 0. The summed E-state index contributed by atoms with van der Waals surface area (Å²) in [5.41, 5.74) is 0.878. The molecule has 0 aromatic carbocycles. The Labute approximate surface area is 138 Å². The van der Waals surface area contributed by atoms with Crippen molar-refractivity contribution in [2.24, 2.45) is 0 Å². The van der Waals surface area contributed by atoms with Crippen LogP contribution in [0.2, 0.25) is 0 Å². The van der Waals surface area contributed by atoms with Crippen molar-refractivity contribution in [3.63, 3.8) is 0 Å². The quantitative estimate of drug-likeness (QED) is 0.879. The SMILES string of the molecule is C[C@@H](CN(C)C(=O)NCc1csc(N(C)C)n1)c1nccs1. The van der Waals surface area contributed by atoms with Gasteiger partial charge >= 0.3 is 6.03 Å². The van der Waals surface area contributed by atoms with Gasteiger partial charge in [-0.05, 0) is 0 Å². The molecule has 1 N–H and O–H groups in total. The molecule has 2 aromatic heterocycles. The Bertz CT molecular complexity index is 596. The van der Waals surface area contributed by atoms with Gasteiger partial charge in [0.25, 0.3) is 0 Å². The molecule has 8 heteroatoms. The Morgan fingerprint density at radius 2 is 2.14 bits per heavy atom. The van der Waals surface area contributed by atoms with Crippen LogP contribution in [0.3, 0.4) is 0 Å². The molecule has 2 aromatic rings. The van der Waals surface area contributed by atoms with E-state index in [0.29, 0.717) is 13.1 Å². The molecule has 0 saturated heterocycles. The first-order valence-electron chi connectivity index (χ1n) is 6.97. The van der Waals surface area contributed by atoms with Crippen molar-refractivity contribution in [3.05, 3.63) is 27.7 Å². The summed E-state index contributed by atoms with van der Waals surface area (Å²) in [7, 11) is 5.70. The van der Waals surface area contributed by atoms with Gasteiger partial charge in [0.15, 0.2) is 5.13 Å². The third kappa shape index (κ3) is 4.41. The maximum atomic E-state index is 12.1. The third-order valence-corrected chi connectivity index (χ3v) is 5.17. The van der Waals surface area contributed by atoms with E-state index in [0.717, 1.165) is 15.8 Å². The molecule has 2 rings (SSSR count). The van der Waals surface area contributed by atoms with Crippen molar-refractivity contribution >= 4 is 33.8 Å². The minimum Gasteiger partial charge on any atom is -0.354 e. The zero-order chi connectivity index (χ0) is 16.1. The number of amides is 2. The van der Waals surface area contributed by atoms with E-state index in [4.69, 9.17) is 0 Å². The summed E-state index contributed by atoms with van der Waals surface area (Å²) >= 11 is 3.19. The van der Waals surface area contributed by atoms with Crippen LogP contribution in [0.1, 0.15) is 23.5 Å². The minimum absolute atomic E-state index is 0.0946. The van der Waals surface area contributed by atoms with Crippen molar-refractivity contribution in [1.82, 2.24) is 20.2 Å². The molecule has 0 fully saturated rings. The molecule has 120 valence electrons. The normalized spacial score (nSPS) is 12.0. The van der Waals surface area contributed by atoms with Crippen molar-refractivity contribution < 1.29 is 4.79 Å². The number of carbonyl (C=O) groups is 1. The van der Waals surface area contributed by atoms with E-state index in [9.17, 15) is 4.79 Å². The van der Waals surface area contributed by atoms with E-state index in [2.05, 4.69) is 22.2 Å². The Morgan fingerprint density at radius 3 is 2.73 bits per heavy atom. The van der Waals surface area contributed by atoms with Crippen LogP contribution in [0, 0.1) is 0 Å². The van der Waals surface area contributed by atoms with Crippen LogP contribution in [0.25, 0.3) is 0 Å². The standard InChI is InChI=1S/C14H21N5OS2/c1-10(12-15-5-6-21-12)8-19(4)13(20)16-7-11-9-22-14(17-11)18(2)3/h5-6,9-10H,7-8H2,1-4H3,(H,16,20)/t10-/m0/s1. The minimum atomic E-state index is -0.0946. The highest BCUT2D eigenvalue weighted by Gasteiger charge is 2.15. The number of aromatic nitrogens is 2. The second-order valence-corrected chi connectivity index (χ2v) is 7.09. The number of hydrogen-bond donors (Lipinski definition) is 1. The molecule has 2 amide bonds. The Hall–Kier alpha value is -1.67. The van der Waals surface area contributed by atoms with Gasteiger partial charge < -0.3 is 15.1 Å². The van der Waals surface area contributed by atoms with Crippen LogP contribution in [-0.2, 0) is 6.54 Å². The van der Waals surface area contributed by atoms with Crippen LogP contribution in [0.5, 0.6) is 0 Å². The van der Waals surface area contributed by atoms with Gasteiger partial charge in [0.2, 0.25) is 0 Å². The van der Waals surface area contributed by atoms with Crippen molar-refractivity contribution in [3.8, 4) is 0 Å². The second kappa shape index (κ2) is 7.55. The first-order valence-corrected chi connectivity index (χ1v) is 8.73. The van der Waals surface area contributed by atoms with E-state index in [1.165, 1.54) is 0 Å². The number of rotatable bonds is 6. The summed E-state index contributed by atoms with van der Waals surface area (Å²) in [5, 5.41) is 8.81. The molecule has 6 nitrogen and oxygen atoms in total. The highest BCUT2D eigenvalue weighted by molar-refractivity contribution is 7.13. The average molecular weight is 339 g/mol. The largest absolute Gasteiger partial charge is 0.354 e. The van der Waals surface area contributed by atoms with E-state index >= 15 is 0 Å². The van der Waals surface area contributed by atoms with Crippen LogP contribution in [0.4, 0.5) is 9.93 Å². The summed E-state index contributed by atoms with van der Waals surface area (Å²) in [6, 6.07) is -0.0946. The monoisotopic (exact) mass is 339 g/mol. The van der Waals surface area contributed by atoms with E-state index < -0.39 is 0 Å². The molecule has 0 radical (unpaired) electrons. The zero-order valence-corrected chi connectivity index (χ0v) is 14.9. The highest BCUT2D eigenvalue weighted by Crippen LogP contribution is 2.19. The van der Waals surface area contributed by atoms with Gasteiger partial charge in [-0.3, -0.25) is 0 Å². The predicted octanol–water partition coefficient (Wildman–Crippen LogP) is 2.61. The number of nitrogens with one attached hydrogen (secondary N) is 1. The van der Waals surface area contributed by atoms with Gasteiger partial charge in [0, 0.05) is 50.6 Å². The molecule has 0 aliphatic carbocycles. The number of anilines is 1. The lowest BCUT2D eigenvalue weighted by atomic mass is 10.2. The lowest BCUT2D eigenvalue weighted by Crippen LogP contribution is -2.38. The van der Waals surface area contributed by atoms with Crippen LogP contribution in [0.15, 0.2) is 17.0 Å². The molecule has 1 atom stereocenters. The Balaban J connectivity index is 1.80. The number of urea groups is 1. The smallest absolute Gasteiger partial charge is 0.317 e. The third-order valence-electron chi connectivity index (χ3n) is 3.11. The highest BCUT2D eigenvalue weighted by atomic mass is 32.1. The van der Waals surface area contributed by atoms with Crippen molar-refractivity contribution in [2.45, 2.75) is 19.4 Å². The average Bonchev–Trinajstić information content (AvgIpc) is 3.15. The van der Waals surface area contributed by atoms with E-state index in [1.54, 1.807) is 40.8 Å². The molecular formula is C14H21N5OS2. The van der Waals surface area contributed by atoms with Crippen LogP contribution >= 0.6 is 22.7 Å². The molecule has 22 heavy (non-hydrogen) atoms. The summed E-state index contributed by atoms with van der Waals surface area (Å²) in [4.78, 5) is 24.5. The van der Waals surface area contributed by atoms with E-state index in [1.807, 2.05) is 29.8 Å². The summed E-state index contributed by atoms with van der Waals surface area (Å²) in [6.07, 6.45) is 1.79. The molecule has 0 aliphatic heterocycles. The lowest BCUT2D eigenvalue weighted by Gasteiger charge is -2.20. The summed E-state index contributed by atoms with van der Waals surface area (Å²) in [6.45, 7) is 3.16. The van der Waals surface area contributed by atoms with Crippen LogP contribution in [-0.4, -0.2) is 48.6 Å². The number of carbonyl (C=O) groups excluding carboxylic acids is 1. The Morgan fingerprint density at radius 1 is 1.36 bits per heavy atom. The number of thiazole rings is 2. The number of nitrogens with zero attached hydrogens (tertiary/aromatic N) is 4. The van der Waals surface area contributed by atoms with Crippen molar-refractivity contribution in [2.75, 3.05) is 32.6 Å². The number of hydrogen-bond acceptors (Lipinski definition) is 6. The fourth-order valence-electron chi connectivity index (χ4n) is 1.93. The first kappa shape index (κ1) is 16.7. The number of likely N-dealkylation sites (N-methyl/N-ethyl adjacent to an activating group) is 1. The zero-order valence-electron chi connectivity index (χ0n) is 13.2. The second-order valence-electron chi connectivity index (χ2n) is 5.33. The first-order chi connectivity index (χ1) is 10.5. The van der Waals surface area contributed by atoms with Crippen molar-refractivity contribution in [1.29, 1.82) is 0 Å². The molecule has 0 bridgehead atoms. The molecule has 2 heterocycles. The maximum Gasteiger partial charge on any atom is 0.317 e. The van der Waals surface area contributed by atoms with E-state index in [-0.39, 0.29) is 11.9 Å². The predicted molar refractivity (Wildman–Crippen MR) is 91.8 cm³/mol. The molecule has 0 aliphatic rings. The molecule has 0 saturated carbocycles. The maximum absolute atomic E-state index is 12.1. The van der Waals surface area contributed by atoms with Crippen LogP contribution < -0.4 is 10.2 Å². The summed E-state index contributed by atoms with van der Waals surface area (Å²) in [5.74, 6) is 0.232. The molecular weight excluding hydrogens is 318 g/mol. The van der Waals surface area contributed by atoms with Gasteiger partial charge in [-0.1, -0.05) is 6.92 Å². The lowest BCUT2D eigenvalue weighted by molar-refractivity contribution is 0.206. The topological polar surface area (TPSA) is 61.4 Å². The fraction of sp³-hybridized carbons (Fsp3) is 0.500. The van der Waals surface area contributed by atoms with Gasteiger partial charge in [-0.2, -0.15) is 0 Å². The van der Waals surface area contributed by atoms with Gasteiger partial charge in [0.1, 0.15) is 0 Å². The van der Waals surface area contributed by atoms with Gasteiger partial charge in [0.05, 0.1) is 17.2 Å². The van der Waals surface area contributed by atoms with Gasteiger partial charge in [-0.25, -0.2) is 14.8 Å².